The molecule has 7 nitrogen and oxygen atoms in total. The molecular formula is C26H27N3O4. The smallest absolute Gasteiger partial charge is 0.246 e. The second-order valence-corrected chi connectivity index (χ2v) is 7.56. The first-order valence-corrected chi connectivity index (χ1v) is 10.7. The van der Waals surface area contributed by atoms with Crippen molar-refractivity contribution in [1.82, 2.24) is 14.7 Å². The molecule has 4 rings (SSSR count). The zero-order chi connectivity index (χ0) is 23.2. The molecule has 0 unspecified atom stereocenters. The molecule has 3 aromatic rings. The quantitative estimate of drug-likeness (QED) is 0.510. The molecule has 2 heterocycles. The van der Waals surface area contributed by atoms with Crippen LogP contribution in [-0.4, -0.2) is 55.0 Å². The molecule has 2 aromatic carbocycles. The van der Waals surface area contributed by atoms with Crippen LogP contribution in [0.25, 0.3) is 17.3 Å². The minimum absolute atomic E-state index is 0.0357. The van der Waals surface area contributed by atoms with E-state index < -0.39 is 0 Å². The third-order valence-corrected chi connectivity index (χ3v) is 5.60. The maximum atomic E-state index is 12.7. The number of methoxy groups -OCH3 is 3. The molecule has 0 radical (unpaired) electrons. The lowest BCUT2D eigenvalue weighted by molar-refractivity contribution is -0.125. The molecule has 0 spiro atoms. The van der Waals surface area contributed by atoms with Crippen LogP contribution in [-0.2, 0) is 4.79 Å². The van der Waals surface area contributed by atoms with Crippen molar-refractivity contribution in [2.24, 2.45) is 0 Å². The fourth-order valence-electron chi connectivity index (χ4n) is 3.84. The fraction of sp³-hybridized carbons (Fsp3) is 0.231. The monoisotopic (exact) mass is 445 g/mol. The number of carbonyl (C=O) groups excluding carboxylic acids is 1. The number of carbonyl (C=O) groups is 1. The van der Waals surface area contributed by atoms with Crippen molar-refractivity contribution in [2.45, 2.75) is 6.42 Å². The molecule has 0 saturated carbocycles. The molecule has 170 valence electrons. The average Bonchev–Trinajstić information content (AvgIpc) is 3.36. The number of hydrogen-bond acceptors (Lipinski definition) is 5. The zero-order valence-electron chi connectivity index (χ0n) is 19.0. The summed E-state index contributed by atoms with van der Waals surface area (Å²) in [6.45, 7) is 1.12. The number of ether oxygens (including phenoxy) is 3. The van der Waals surface area contributed by atoms with E-state index in [1.165, 1.54) is 0 Å². The van der Waals surface area contributed by atoms with Crippen LogP contribution in [0, 0.1) is 0 Å². The summed E-state index contributed by atoms with van der Waals surface area (Å²) in [5.41, 5.74) is 3.83. The number of benzene rings is 2. The number of hydrogen-bond donors (Lipinski definition) is 0. The zero-order valence-corrected chi connectivity index (χ0v) is 19.0. The summed E-state index contributed by atoms with van der Waals surface area (Å²) in [4.78, 5) is 14.5. The Kier molecular flexibility index (Phi) is 6.78. The SMILES string of the molecule is COc1cc(OC)c(C2=CCN(C(=O)/C=C/c3cnn(-c4ccccc4)c3)CC2)c(OC)c1. The highest BCUT2D eigenvalue weighted by molar-refractivity contribution is 5.92. The highest BCUT2D eigenvalue weighted by Gasteiger charge is 2.22. The fourth-order valence-corrected chi connectivity index (χ4v) is 3.84. The van der Waals surface area contributed by atoms with Crippen LogP contribution in [0.1, 0.15) is 17.5 Å². The van der Waals surface area contributed by atoms with E-state index in [4.69, 9.17) is 14.2 Å². The van der Waals surface area contributed by atoms with Gasteiger partial charge < -0.3 is 19.1 Å². The van der Waals surface area contributed by atoms with Gasteiger partial charge in [-0.2, -0.15) is 5.10 Å². The van der Waals surface area contributed by atoms with E-state index in [1.54, 1.807) is 44.4 Å². The van der Waals surface area contributed by atoms with E-state index in [0.717, 1.165) is 22.4 Å². The van der Waals surface area contributed by atoms with Crippen molar-refractivity contribution in [2.75, 3.05) is 34.4 Å². The number of amides is 1. The first-order valence-electron chi connectivity index (χ1n) is 10.7. The van der Waals surface area contributed by atoms with E-state index in [9.17, 15) is 4.79 Å². The van der Waals surface area contributed by atoms with Gasteiger partial charge in [0, 0.05) is 43.1 Å². The van der Waals surface area contributed by atoms with Crippen LogP contribution in [0.3, 0.4) is 0 Å². The lowest BCUT2D eigenvalue weighted by Gasteiger charge is -2.27. The standard InChI is InChI=1S/C26H27N3O4/c1-31-22-15-23(32-2)26(24(16-22)33-3)20-11-13-28(14-12-20)25(30)10-9-19-17-27-29(18-19)21-7-5-4-6-8-21/h4-11,15-18H,12-14H2,1-3H3/b10-9+. The largest absolute Gasteiger partial charge is 0.496 e. The third kappa shape index (κ3) is 4.92. The van der Waals surface area contributed by atoms with Gasteiger partial charge >= 0.3 is 0 Å². The van der Waals surface area contributed by atoms with Crippen LogP contribution in [0.5, 0.6) is 17.2 Å². The average molecular weight is 446 g/mol. The second-order valence-electron chi connectivity index (χ2n) is 7.56. The molecule has 7 heteroatoms. The Morgan fingerprint density at radius 2 is 1.76 bits per heavy atom. The van der Waals surface area contributed by atoms with Crippen molar-refractivity contribution in [3.05, 3.63) is 78.1 Å². The van der Waals surface area contributed by atoms with Crippen LogP contribution >= 0.6 is 0 Å². The first-order chi connectivity index (χ1) is 16.1. The van der Waals surface area contributed by atoms with Gasteiger partial charge in [0.2, 0.25) is 5.91 Å². The van der Waals surface area contributed by atoms with Crippen molar-refractivity contribution in [1.29, 1.82) is 0 Å². The van der Waals surface area contributed by atoms with Gasteiger partial charge in [-0.15, -0.1) is 0 Å². The molecule has 1 aromatic heterocycles. The number of para-hydroxylation sites is 1. The lowest BCUT2D eigenvalue weighted by Crippen LogP contribution is -2.33. The molecule has 33 heavy (non-hydrogen) atoms. The first kappa shape index (κ1) is 22.2. The predicted octanol–water partition coefficient (Wildman–Crippen LogP) is 4.23. The van der Waals surface area contributed by atoms with Crippen molar-refractivity contribution in [3.8, 4) is 22.9 Å². The molecule has 0 aliphatic carbocycles. The van der Waals surface area contributed by atoms with Crippen LogP contribution < -0.4 is 14.2 Å². The highest BCUT2D eigenvalue weighted by atomic mass is 16.5. The van der Waals surface area contributed by atoms with Gasteiger partial charge in [0.15, 0.2) is 0 Å². The molecule has 1 aliphatic rings. The summed E-state index contributed by atoms with van der Waals surface area (Å²) in [6, 6.07) is 13.5. The summed E-state index contributed by atoms with van der Waals surface area (Å²) < 4.78 is 18.3. The summed E-state index contributed by atoms with van der Waals surface area (Å²) in [5.74, 6) is 2.01. The van der Waals surface area contributed by atoms with Crippen molar-refractivity contribution < 1.29 is 19.0 Å². The minimum Gasteiger partial charge on any atom is -0.496 e. The van der Waals surface area contributed by atoms with Gasteiger partial charge in [0.05, 0.1) is 38.8 Å². The van der Waals surface area contributed by atoms with Gasteiger partial charge in [0.1, 0.15) is 17.2 Å². The number of rotatable bonds is 7. The number of nitrogens with zero attached hydrogens (tertiary/aromatic N) is 3. The van der Waals surface area contributed by atoms with E-state index in [2.05, 4.69) is 11.2 Å². The Morgan fingerprint density at radius 3 is 2.36 bits per heavy atom. The maximum absolute atomic E-state index is 12.7. The molecular weight excluding hydrogens is 418 g/mol. The summed E-state index contributed by atoms with van der Waals surface area (Å²) in [7, 11) is 4.86. The van der Waals surface area contributed by atoms with E-state index >= 15 is 0 Å². The molecule has 0 bridgehead atoms. The summed E-state index contributed by atoms with van der Waals surface area (Å²) in [6.07, 6.45) is 9.78. The summed E-state index contributed by atoms with van der Waals surface area (Å²) in [5, 5.41) is 4.36. The predicted molar refractivity (Wildman–Crippen MR) is 128 cm³/mol. The van der Waals surface area contributed by atoms with Crippen molar-refractivity contribution in [3.63, 3.8) is 0 Å². The van der Waals surface area contributed by atoms with Crippen LogP contribution in [0.15, 0.2) is 67.0 Å². The van der Waals surface area contributed by atoms with Gasteiger partial charge in [0.25, 0.3) is 0 Å². The van der Waals surface area contributed by atoms with E-state index in [0.29, 0.717) is 36.8 Å². The maximum Gasteiger partial charge on any atom is 0.246 e. The lowest BCUT2D eigenvalue weighted by atomic mass is 9.97. The Labute approximate surface area is 193 Å². The van der Waals surface area contributed by atoms with E-state index in [-0.39, 0.29) is 5.91 Å². The molecule has 0 N–H and O–H groups in total. The van der Waals surface area contributed by atoms with Crippen LogP contribution in [0.2, 0.25) is 0 Å². The normalized spacial score (nSPS) is 13.7. The molecule has 0 saturated heterocycles. The molecule has 1 amide bonds. The van der Waals surface area contributed by atoms with Crippen molar-refractivity contribution >= 4 is 17.6 Å². The number of aromatic nitrogens is 2. The highest BCUT2D eigenvalue weighted by Crippen LogP contribution is 2.40. The Hall–Kier alpha value is -4.00. The summed E-state index contributed by atoms with van der Waals surface area (Å²) >= 11 is 0. The Balaban J connectivity index is 1.45. The molecule has 0 fully saturated rings. The van der Waals surface area contributed by atoms with Gasteiger partial charge in [-0.05, 0) is 30.2 Å². The van der Waals surface area contributed by atoms with Gasteiger partial charge in [-0.1, -0.05) is 24.3 Å². The molecule has 1 aliphatic heterocycles. The van der Waals surface area contributed by atoms with E-state index in [1.807, 2.05) is 53.6 Å². The Morgan fingerprint density at radius 1 is 1.03 bits per heavy atom. The second kappa shape index (κ2) is 10.1. The third-order valence-electron chi connectivity index (χ3n) is 5.60. The van der Waals surface area contributed by atoms with Gasteiger partial charge in [-0.25, -0.2) is 4.68 Å². The Bertz CT molecular complexity index is 1160. The molecule has 0 atom stereocenters. The topological polar surface area (TPSA) is 65.8 Å². The minimum atomic E-state index is -0.0357. The van der Waals surface area contributed by atoms with Crippen LogP contribution in [0.4, 0.5) is 0 Å². The van der Waals surface area contributed by atoms with Gasteiger partial charge in [-0.3, -0.25) is 4.79 Å².